The van der Waals surface area contributed by atoms with Gasteiger partial charge in [0.1, 0.15) is 23.2 Å². The van der Waals surface area contributed by atoms with Crippen LogP contribution in [0.4, 0.5) is 9.52 Å². The molecule has 1 N–H and O–H groups in total. The summed E-state index contributed by atoms with van der Waals surface area (Å²) in [6.45, 7) is 0.325. The van der Waals surface area contributed by atoms with Crippen LogP contribution in [-0.4, -0.2) is 23.2 Å². The molecule has 0 radical (unpaired) electrons. The van der Waals surface area contributed by atoms with Crippen LogP contribution in [0.1, 0.15) is 15.6 Å². The highest BCUT2D eigenvalue weighted by Gasteiger charge is 2.16. The van der Waals surface area contributed by atoms with E-state index in [0.29, 0.717) is 22.3 Å². The minimum Gasteiger partial charge on any atom is -0.451 e. The van der Waals surface area contributed by atoms with E-state index in [1.54, 1.807) is 31.4 Å². The number of furan rings is 1. The third-order valence-electron chi connectivity index (χ3n) is 2.92. The van der Waals surface area contributed by atoms with Crippen molar-refractivity contribution in [3.8, 4) is 11.3 Å². The number of benzene rings is 1. The molecular weight excluding hydrogens is 321 g/mol. The van der Waals surface area contributed by atoms with E-state index >= 15 is 0 Å². The standard InChI is InChI=1S/C15H12FN3O3S/c1-21-8-13-18-19-15(23-13)17-14(20)12-7-6-11(22-12)9-4-2-3-5-10(9)16/h2-7H,8H2,1H3,(H,17,19,20). The maximum Gasteiger partial charge on any atom is 0.293 e. The van der Waals surface area contributed by atoms with Crippen LogP contribution in [0.3, 0.4) is 0 Å². The van der Waals surface area contributed by atoms with Crippen molar-refractivity contribution in [2.24, 2.45) is 0 Å². The quantitative estimate of drug-likeness (QED) is 0.775. The first-order valence-electron chi connectivity index (χ1n) is 6.65. The fourth-order valence-electron chi connectivity index (χ4n) is 1.91. The van der Waals surface area contributed by atoms with Crippen LogP contribution >= 0.6 is 11.3 Å². The topological polar surface area (TPSA) is 77.3 Å². The van der Waals surface area contributed by atoms with Gasteiger partial charge in [-0.2, -0.15) is 0 Å². The average Bonchev–Trinajstić information content (AvgIpc) is 3.18. The first-order chi connectivity index (χ1) is 11.2. The van der Waals surface area contributed by atoms with E-state index < -0.39 is 11.7 Å². The number of nitrogens with zero attached hydrogens (tertiary/aromatic N) is 2. The largest absolute Gasteiger partial charge is 0.451 e. The van der Waals surface area contributed by atoms with Crippen molar-refractivity contribution in [3.63, 3.8) is 0 Å². The summed E-state index contributed by atoms with van der Waals surface area (Å²) in [5.74, 6) is -0.549. The van der Waals surface area contributed by atoms with E-state index in [4.69, 9.17) is 9.15 Å². The number of amides is 1. The van der Waals surface area contributed by atoms with Gasteiger partial charge in [0.2, 0.25) is 5.13 Å². The van der Waals surface area contributed by atoms with Gasteiger partial charge in [-0.3, -0.25) is 10.1 Å². The monoisotopic (exact) mass is 333 g/mol. The smallest absolute Gasteiger partial charge is 0.293 e. The molecule has 0 atom stereocenters. The maximum absolute atomic E-state index is 13.7. The predicted octanol–water partition coefficient (Wildman–Crippen LogP) is 3.34. The fraction of sp³-hybridized carbons (Fsp3) is 0.133. The number of nitrogens with one attached hydrogen (secondary N) is 1. The molecule has 0 aliphatic carbocycles. The van der Waals surface area contributed by atoms with E-state index in [-0.39, 0.29) is 11.5 Å². The number of ether oxygens (including phenoxy) is 1. The Morgan fingerprint density at radius 3 is 2.91 bits per heavy atom. The lowest BCUT2D eigenvalue weighted by Crippen LogP contribution is -2.10. The van der Waals surface area contributed by atoms with Crippen LogP contribution in [0.2, 0.25) is 0 Å². The summed E-state index contributed by atoms with van der Waals surface area (Å²) in [5.41, 5.74) is 0.296. The molecule has 0 unspecified atom stereocenters. The molecule has 8 heteroatoms. The molecule has 0 aliphatic heterocycles. The lowest BCUT2D eigenvalue weighted by atomic mass is 10.1. The maximum atomic E-state index is 13.7. The molecule has 0 fully saturated rings. The van der Waals surface area contributed by atoms with Crippen LogP contribution in [-0.2, 0) is 11.3 Å². The summed E-state index contributed by atoms with van der Waals surface area (Å²) < 4.78 is 24.1. The van der Waals surface area contributed by atoms with E-state index in [0.717, 1.165) is 0 Å². The summed E-state index contributed by atoms with van der Waals surface area (Å²) in [4.78, 5) is 12.1. The molecule has 2 aromatic heterocycles. The molecule has 23 heavy (non-hydrogen) atoms. The molecule has 1 aromatic carbocycles. The molecule has 2 heterocycles. The van der Waals surface area contributed by atoms with Crippen LogP contribution in [0, 0.1) is 5.82 Å². The minimum absolute atomic E-state index is 0.0618. The van der Waals surface area contributed by atoms with E-state index in [1.807, 2.05) is 0 Å². The van der Waals surface area contributed by atoms with Gasteiger partial charge in [-0.05, 0) is 24.3 Å². The third kappa shape index (κ3) is 3.43. The number of methoxy groups -OCH3 is 1. The minimum atomic E-state index is -0.479. The van der Waals surface area contributed by atoms with Crippen molar-refractivity contribution in [3.05, 3.63) is 53.0 Å². The van der Waals surface area contributed by atoms with Gasteiger partial charge < -0.3 is 9.15 Å². The lowest BCUT2D eigenvalue weighted by molar-refractivity contribution is 0.0997. The fourth-order valence-corrected chi connectivity index (χ4v) is 2.62. The summed E-state index contributed by atoms with van der Waals surface area (Å²) >= 11 is 1.21. The second kappa shape index (κ2) is 6.67. The molecule has 3 aromatic rings. The van der Waals surface area contributed by atoms with Crippen LogP contribution in [0.25, 0.3) is 11.3 Å². The number of aromatic nitrogens is 2. The van der Waals surface area contributed by atoms with Crippen molar-refractivity contribution in [1.29, 1.82) is 0 Å². The number of anilines is 1. The zero-order chi connectivity index (χ0) is 16.2. The van der Waals surface area contributed by atoms with Crippen molar-refractivity contribution in [2.75, 3.05) is 12.4 Å². The Kier molecular flexibility index (Phi) is 4.45. The number of carbonyl (C=O) groups is 1. The van der Waals surface area contributed by atoms with Crippen molar-refractivity contribution in [2.45, 2.75) is 6.61 Å². The van der Waals surface area contributed by atoms with Gasteiger partial charge in [0.15, 0.2) is 5.76 Å². The SMILES string of the molecule is COCc1nnc(NC(=O)c2ccc(-c3ccccc3F)o2)s1. The van der Waals surface area contributed by atoms with Crippen LogP contribution in [0.15, 0.2) is 40.8 Å². The summed E-state index contributed by atoms with van der Waals surface area (Å²) in [5, 5.41) is 11.3. The highest BCUT2D eigenvalue weighted by atomic mass is 32.1. The van der Waals surface area contributed by atoms with Gasteiger partial charge in [-0.15, -0.1) is 10.2 Å². The summed E-state index contributed by atoms with van der Waals surface area (Å²) in [6.07, 6.45) is 0. The van der Waals surface area contributed by atoms with Gasteiger partial charge in [0, 0.05) is 7.11 Å². The Labute approximate surface area is 134 Å². The number of hydrogen-bond acceptors (Lipinski definition) is 6. The molecule has 3 rings (SSSR count). The third-order valence-corrected chi connectivity index (χ3v) is 3.74. The normalized spacial score (nSPS) is 10.7. The first kappa shape index (κ1) is 15.3. The Bertz CT molecular complexity index is 831. The van der Waals surface area contributed by atoms with Crippen molar-refractivity contribution < 1.29 is 18.3 Å². The van der Waals surface area contributed by atoms with E-state index in [1.165, 1.54) is 23.5 Å². The molecule has 0 bridgehead atoms. The van der Waals surface area contributed by atoms with Gasteiger partial charge in [-0.1, -0.05) is 23.5 Å². The van der Waals surface area contributed by atoms with Crippen molar-refractivity contribution in [1.82, 2.24) is 10.2 Å². The van der Waals surface area contributed by atoms with Gasteiger partial charge >= 0.3 is 0 Å². The molecule has 0 saturated heterocycles. The van der Waals surface area contributed by atoms with Crippen LogP contribution < -0.4 is 5.32 Å². The number of carbonyl (C=O) groups excluding carboxylic acids is 1. The Balaban J connectivity index is 1.74. The van der Waals surface area contributed by atoms with E-state index in [2.05, 4.69) is 15.5 Å². The zero-order valence-electron chi connectivity index (χ0n) is 12.1. The average molecular weight is 333 g/mol. The first-order valence-corrected chi connectivity index (χ1v) is 7.46. The molecule has 118 valence electrons. The highest BCUT2D eigenvalue weighted by molar-refractivity contribution is 7.15. The Morgan fingerprint density at radius 1 is 1.30 bits per heavy atom. The second-order valence-electron chi connectivity index (χ2n) is 4.53. The van der Waals surface area contributed by atoms with Crippen LogP contribution in [0.5, 0.6) is 0 Å². The number of hydrogen-bond donors (Lipinski definition) is 1. The summed E-state index contributed by atoms with van der Waals surface area (Å²) in [6, 6.07) is 9.22. The zero-order valence-corrected chi connectivity index (χ0v) is 12.9. The highest BCUT2D eigenvalue weighted by Crippen LogP contribution is 2.25. The number of halogens is 1. The molecular formula is C15H12FN3O3S. The lowest BCUT2D eigenvalue weighted by Gasteiger charge is -1.99. The van der Waals surface area contributed by atoms with E-state index in [9.17, 15) is 9.18 Å². The molecule has 1 amide bonds. The second-order valence-corrected chi connectivity index (χ2v) is 5.59. The van der Waals surface area contributed by atoms with Crippen molar-refractivity contribution >= 4 is 22.4 Å². The molecule has 6 nitrogen and oxygen atoms in total. The van der Waals surface area contributed by atoms with Gasteiger partial charge in [0.25, 0.3) is 5.91 Å². The summed E-state index contributed by atoms with van der Waals surface area (Å²) in [7, 11) is 1.55. The van der Waals surface area contributed by atoms with Gasteiger partial charge in [0.05, 0.1) is 5.56 Å². The molecule has 0 aliphatic rings. The molecule has 0 spiro atoms. The Morgan fingerprint density at radius 2 is 2.13 bits per heavy atom. The Hall–Kier alpha value is -2.58. The predicted molar refractivity (Wildman–Crippen MR) is 82.7 cm³/mol. The van der Waals surface area contributed by atoms with Gasteiger partial charge in [-0.25, -0.2) is 4.39 Å². The number of rotatable bonds is 5. The molecule has 0 saturated carbocycles.